The van der Waals surface area contributed by atoms with E-state index in [4.69, 9.17) is 0 Å². The van der Waals surface area contributed by atoms with Crippen molar-refractivity contribution in [2.75, 3.05) is 6.54 Å². The molecule has 0 aromatic rings. The van der Waals surface area contributed by atoms with Gasteiger partial charge in [-0.25, -0.2) is 5.48 Å². The molecule has 0 aliphatic carbocycles. The number of ketones is 1. The van der Waals surface area contributed by atoms with E-state index >= 15 is 0 Å². The van der Waals surface area contributed by atoms with E-state index < -0.39 is 11.9 Å². The van der Waals surface area contributed by atoms with Gasteiger partial charge in [0.2, 0.25) is 5.78 Å². The summed E-state index contributed by atoms with van der Waals surface area (Å²) in [5.74, 6) is -0.486. The minimum absolute atomic E-state index is 0.289. The molecule has 0 aromatic heterocycles. The zero-order valence-electron chi connectivity index (χ0n) is 4.79. The van der Waals surface area contributed by atoms with Gasteiger partial charge in [0.05, 0.1) is 0 Å². The van der Waals surface area contributed by atoms with Crippen molar-refractivity contribution >= 4 is 12.1 Å². The van der Waals surface area contributed by atoms with Gasteiger partial charge in [-0.15, -0.1) is 0 Å². The average molecular weight is 129 g/mol. The van der Waals surface area contributed by atoms with E-state index in [1.54, 1.807) is 0 Å². The van der Waals surface area contributed by atoms with Crippen molar-refractivity contribution in [2.24, 2.45) is 0 Å². The maximum atomic E-state index is 10.5. The van der Waals surface area contributed by atoms with Crippen molar-refractivity contribution in [2.45, 2.75) is 12.5 Å². The summed E-state index contributed by atoms with van der Waals surface area (Å²) < 4.78 is 0. The average Bonchev–Trinajstić information content (AvgIpc) is 2.37. The van der Waals surface area contributed by atoms with Gasteiger partial charge in [-0.1, -0.05) is 0 Å². The molecule has 50 valence electrons. The van der Waals surface area contributed by atoms with Crippen LogP contribution in [0.2, 0.25) is 0 Å². The zero-order chi connectivity index (χ0) is 6.69. The molecule has 1 rings (SSSR count). The summed E-state index contributed by atoms with van der Waals surface area (Å²) in [5, 5.41) is 0. The van der Waals surface area contributed by atoms with E-state index in [9.17, 15) is 9.59 Å². The van der Waals surface area contributed by atoms with E-state index in [1.165, 1.54) is 0 Å². The molecule has 1 atom stereocenters. The van der Waals surface area contributed by atoms with Gasteiger partial charge < -0.3 is 0 Å². The molecule has 1 aliphatic heterocycles. The van der Waals surface area contributed by atoms with Gasteiger partial charge in [-0.3, -0.25) is 14.4 Å². The molecule has 1 aliphatic rings. The first kappa shape index (κ1) is 6.38. The number of carbonyl (C=O) groups is 2. The summed E-state index contributed by atoms with van der Waals surface area (Å²) >= 11 is 0. The first-order valence-electron chi connectivity index (χ1n) is 2.72. The van der Waals surface area contributed by atoms with Crippen molar-refractivity contribution in [1.82, 2.24) is 5.48 Å². The van der Waals surface area contributed by atoms with E-state index in [-0.39, 0.29) is 6.29 Å². The minimum Gasteiger partial charge on any atom is -0.294 e. The van der Waals surface area contributed by atoms with Crippen molar-refractivity contribution in [1.29, 1.82) is 0 Å². The highest BCUT2D eigenvalue weighted by Gasteiger charge is 2.22. The molecule has 9 heavy (non-hydrogen) atoms. The second-order valence-electron chi connectivity index (χ2n) is 1.81. The third-order valence-electron chi connectivity index (χ3n) is 1.17. The summed E-state index contributed by atoms with van der Waals surface area (Å²) in [6.45, 7) is 0.643. The first-order chi connectivity index (χ1) is 4.34. The number of rotatable bonds is 2. The number of hydrogen-bond donors (Lipinski definition) is 1. The number of Topliss-reactive ketones (excluding diaryl/α,β-unsaturated/α-hetero) is 1. The molecule has 0 aromatic carbocycles. The molecule has 1 unspecified atom stereocenters. The van der Waals surface area contributed by atoms with Crippen LogP contribution in [-0.4, -0.2) is 24.7 Å². The molecule has 1 fully saturated rings. The van der Waals surface area contributed by atoms with E-state index in [1.807, 2.05) is 0 Å². The molecular weight excluding hydrogens is 122 g/mol. The maximum absolute atomic E-state index is 10.5. The number of nitrogens with one attached hydrogen (secondary N) is 1. The Morgan fingerprint density at radius 3 is 3.00 bits per heavy atom. The molecule has 0 amide bonds. The molecule has 1 N–H and O–H groups in total. The van der Waals surface area contributed by atoms with Crippen LogP contribution in [0.5, 0.6) is 0 Å². The molecule has 4 nitrogen and oxygen atoms in total. The van der Waals surface area contributed by atoms with E-state index in [0.29, 0.717) is 13.0 Å². The fraction of sp³-hybridized carbons (Fsp3) is 0.600. The Balaban J connectivity index is 2.41. The monoisotopic (exact) mass is 129 g/mol. The van der Waals surface area contributed by atoms with Crippen LogP contribution in [0.4, 0.5) is 0 Å². The maximum Gasteiger partial charge on any atom is 0.225 e. The molecule has 1 heterocycles. The third kappa shape index (κ3) is 1.34. The molecular formula is C5H7NO3. The van der Waals surface area contributed by atoms with Crippen LogP contribution in [-0.2, 0) is 14.4 Å². The van der Waals surface area contributed by atoms with Crippen LogP contribution in [0, 0.1) is 0 Å². The van der Waals surface area contributed by atoms with Gasteiger partial charge in [0.25, 0.3) is 0 Å². The van der Waals surface area contributed by atoms with Crippen LogP contribution < -0.4 is 5.48 Å². The Bertz CT molecular complexity index is 128. The molecule has 1 saturated heterocycles. The standard InChI is InChI=1S/C5H7NO3/c7-3-4(8)5-1-2-6-9-5/h3,5-6H,1-2H2. The van der Waals surface area contributed by atoms with Crippen molar-refractivity contribution in [3.05, 3.63) is 0 Å². The summed E-state index contributed by atoms with van der Waals surface area (Å²) in [5.41, 5.74) is 2.51. The lowest BCUT2D eigenvalue weighted by molar-refractivity contribution is -0.138. The Morgan fingerprint density at radius 1 is 1.78 bits per heavy atom. The second kappa shape index (κ2) is 2.70. The van der Waals surface area contributed by atoms with E-state index in [0.717, 1.165) is 0 Å². The SMILES string of the molecule is O=CC(=O)C1CCNO1. The molecule has 4 heteroatoms. The van der Waals surface area contributed by atoms with Crippen LogP contribution >= 0.6 is 0 Å². The number of carbonyl (C=O) groups excluding carboxylic acids is 2. The predicted molar refractivity (Wildman–Crippen MR) is 28.6 cm³/mol. The highest BCUT2D eigenvalue weighted by molar-refractivity contribution is 6.27. The normalized spacial score (nSPS) is 26.0. The molecule has 0 radical (unpaired) electrons. The lowest BCUT2D eigenvalue weighted by atomic mass is 10.2. The van der Waals surface area contributed by atoms with Gasteiger partial charge in [0.1, 0.15) is 6.10 Å². The van der Waals surface area contributed by atoms with Gasteiger partial charge in [-0.05, 0) is 6.42 Å². The highest BCUT2D eigenvalue weighted by Crippen LogP contribution is 2.01. The molecule has 0 bridgehead atoms. The Morgan fingerprint density at radius 2 is 2.56 bits per heavy atom. The number of hydrogen-bond acceptors (Lipinski definition) is 4. The highest BCUT2D eigenvalue weighted by atomic mass is 16.7. The van der Waals surface area contributed by atoms with E-state index in [2.05, 4.69) is 10.3 Å². The quantitative estimate of drug-likeness (QED) is 0.385. The summed E-state index contributed by atoms with van der Waals surface area (Å²) in [6.07, 6.45) is 0.345. The predicted octanol–water partition coefficient (Wildman–Crippen LogP) is -0.952. The summed E-state index contributed by atoms with van der Waals surface area (Å²) in [6, 6.07) is 0. The lowest BCUT2D eigenvalue weighted by Gasteiger charge is -1.98. The zero-order valence-corrected chi connectivity index (χ0v) is 4.79. The summed E-state index contributed by atoms with van der Waals surface area (Å²) in [4.78, 5) is 25.0. The number of aldehydes is 1. The van der Waals surface area contributed by atoms with Crippen LogP contribution in [0.3, 0.4) is 0 Å². The second-order valence-corrected chi connectivity index (χ2v) is 1.81. The Labute approximate surface area is 52.1 Å². The lowest BCUT2D eigenvalue weighted by Crippen LogP contribution is -2.21. The van der Waals surface area contributed by atoms with Crippen molar-refractivity contribution in [3.8, 4) is 0 Å². The van der Waals surface area contributed by atoms with Crippen molar-refractivity contribution < 1.29 is 14.4 Å². The Hall–Kier alpha value is -0.740. The van der Waals surface area contributed by atoms with Gasteiger partial charge in [0.15, 0.2) is 6.29 Å². The van der Waals surface area contributed by atoms with Crippen LogP contribution in [0.25, 0.3) is 0 Å². The fourth-order valence-electron chi connectivity index (χ4n) is 0.685. The van der Waals surface area contributed by atoms with Gasteiger partial charge in [-0.2, -0.15) is 0 Å². The third-order valence-corrected chi connectivity index (χ3v) is 1.17. The molecule has 0 saturated carbocycles. The minimum atomic E-state index is -0.539. The topological polar surface area (TPSA) is 55.4 Å². The fourth-order valence-corrected chi connectivity index (χ4v) is 0.685. The molecule has 0 spiro atoms. The van der Waals surface area contributed by atoms with Gasteiger partial charge >= 0.3 is 0 Å². The van der Waals surface area contributed by atoms with Crippen molar-refractivity contribution in [3.63, 3.8) is 0 Å². The number of hydroxylamine groups is 1. The van der Waals surface area contributed by atoms with Gasteiger partial charge in [0, 0.05) is 6.54 Å². The Kier molecular flexibility index (Phi) is 1.92. The van der Waals surface area contributed by atoms with Crippen LogP contribution in [0.1, 0.15) is 6.42 Å². The summed E-state index contributed by atoms with van der Waals surface area (Å²) in [7, 11) is 0. The largest absolute Gasteiger partial charge is 0.294 e. The first-order valence-corrected chi connectivity index (χ1v) is 2.72. The van der Waals surface area contributed by atoms with Crippen LogP contribution in [0.15, 0.2) is 0 Å². The smallest absolute Gasteiger partial charge is 0.225 e.